The zero-order chi connectivity index (χ0) is 23.0. The third kappa shape index (κ3) is 7.01. The Balaban J connectivity index is 1.18. The van der Waals surface area contributed by atoms with Gasteiger partial charge in [-0.3, -0.25) is 0 Å². The molecule has 1 aliphatic carbocycles. The second-order valence-corrected chi connectivity index (χ2v) is 14.4. The van der Waals surface area contributed by atoms with Gasteiger partial charge in [0.15, 0.2) is 11.6 Å². The lowest BCUT2D eigenvalue weighted by Crippen LogP contribution is -2.22. The Hall–Kier alpha value is -1.48. The molecule has 2 aromatic carbocycles. The third-order valence-electron chi connectivity index (χ3n) is 8.65. The SMILES string of the molecule is CCCCC[Si@H]1CC[C@H](CC[C@H]2CC[C@H](c3ccc(-c4ccc(F)c(F)c4)cc3)CC2)CC1. The van der Waals surface area contributed by atoms with Crippen LogP contribution < -0.4 is 0 Å². The number of halogens is 2. The lowest BCUT2D eigenvalue weighted by molar-refractivity contribution is 0.280. The maximum absolute atomic E-state index is 13.6. The molecule has 3 heteroatoms. The number of hydrogen-bond donors (Lipinski definition) is 0. The van der Waals surface area contributed by atoms with E-state index in [4.69, 9.17) is 0 Å². The Morgan fingerprint density at radius 1 is 0.727 bits per heavy atom. The molecule has 0 atom stereocenters. The summed E-state index contributed by atoms with van der Waals surface area (Å²) in [5.41, 5.74) is 3.10. The van der Waals surface area contributed by atoms with Crippen LogP contribution in [0.1, 0.15) is 89.0 Å². The van der Waals surface area contributed by atoms with Gasteiger partial charge in [0, 0.05) is 8.80 Å². The van der Waals surface area contributed by atoms with Crippen molar-refractivity contribution in [2.24, 2.45) is 11.8 Å². The summed E-state index contributed by atoms with van der Waals surface area (Å²) in [5, 5.41) is 0. The average Bonchev–Trinajstić information content (AvgIpc) is 2.86. The van der Waals surface area contributed by atoms with Crippen LogP contribution in [0, 0.1) is 23.5 Å². The highest BCUT2D eigenvalue weighted by Gasteiger charge is 2.25. The fourth-order valence-corrected chi connectivity index (χ4v) is 9.99. The van der Waals surface area contributed by atoms with E-state index in [1.165, 1.54) is 75.5 Å². The summed E-state index contributed by atoms with van der Waals surface area (Å²) < 4.78 is 26.8. The smallest absolute Gasteiger partial charge is 0.159 e. The first-order valence-electron chi connectivity index (χ1n) is 13.7. The molecule has 0 unspecified atom stereocenters. The highest BCUT2D eigenvalue weighted by Crippen LogP contribution is 2.40. The Labute approximate surface area is 201 Å². The molecular weight excluding hydrogens is 426 g/mol. The molecule has 0 nitrogen and oxygen atoms in total. The van der Waals surface area contributed by atoms with Gasteiger partial charge in [-0.25, -0.2) is 8.78 Å². The van der Waals surface area contributed by atoms with Crippen molar-refractivity contribution < 1.29 is 8.78 Å². The predicted molar refractivity (Wildman–Crippen MR) is 140 cm³/mol. The molecule has 180 valence electrons. The van der Waals surface area contributed by atoms with E-state index in [2.05, 4.69) is 31.2 Å². The Bertz CT molecular complexity index is 846. The van der Waals surface area contributed by atoms with Gasteiger partial charge in [-0.1, -0.05) is 100 Å². The molecule has 0 radical (unpaired) electrons. The van der Waals surface area contributed by atoms with Gasteiger partial charge in [-0.05, 0) is 72.3 Å². The van der Waals surface area contributed by atoms with E-state index in [-0.39, 0.29) is 8.80 Å². The van der Waals surface area contributed by atoms with E-state index >= 15 is 0 Å². The van der Waals surface area contributed by atoms with E-state index in [0.717, 1.165) is 23.0 Å². The van der Waals surface area contributed by atoms with E-state index < -0.39 is 11.6 Å². The van der Waals surface area contributed by atoms with Crippen LogP contribution >= 0.6 is 0 Å². The van der Waals surface area contributed by atoms with Gasteiger partial charge in [0.25, 0.3) is 0 Å². The summed E-state index contributed by atoms with van der Waals surface area (Å²) in [4.78, 5) is 0. The molecule has 0 amide bonds. The van der Waals surface area contributed by atoms with Crippen molar-refractivity contribution in [3.05, 3.63) is 59.7 Å². The molecule has 1 aliphatic heterocycles. The van der Waals surface area contributed by atoms with Gasteiger partial charge >= 0.3 is 0 Å². The second kappa shape index (κ2) is 12.3. The highest BCUT2D eigenvalue weighted by atomic mass is 28.3. The summed E-state index contributed by atoms with van der Waals surface area (Å²) >= 11 is 0. The van der Waals surface area contributed by atoms with E-state index in [0.29, 0.717) is 5.92 Å². The molecule has 0 bridgehead atoms. The number of rotatable bonds is 9. The Kier molecular flexibility index (Phi) is 9.17. The maximum Gasteiger partial charge on any atom is 0.159 e. The second-order valence-electron chi connectivity index (χ2n) is 10.9. The first-order chi connectivity index (χ1) is 16.1. The summed E-state index contributed by atoms with van der Waals surface area (Å²) in [6.07, 6.45) is 15.7. The van der Waals surface area contributed by atoms with Crippen molar-refractivity contribution in [3.8, 4) is 11.1 Å². The largest absolute Gasteiger partial charge is 0.204 e. The van der Waals surface area contributed by atoms with Crippen molar-refractivity contribution in [2.45, 2.75) is 102 Å². The lowest BCUT2D eigenvalue weighted by atomic mass is 9.76. The number of unbranched alkanes of at least 4 members (excludes halogenated alkanes) is 2. The molecule has 4 rings (SSSR count). The summed E-state index contributed by atoms with van der Waals surface area (Å²) in [6.45, 7) is 2.32. The van der Waals surface area contributed by atoms with Crippen LogP contribution in [-0.4, -0.2) is 8.80 Å². The summed E-state index contributed by atoms with van der Waals surface area (Å²) in [6, 6.07) is 17.5. The molecule has 1 saturated heterocycles. The number of hydrogen-bond acceptors (Lipinski definition) is 0. The van der Waals surface area contributed by atoms with Crippen LogP contribution in [0.15, 0.2) is 42.5 Å². The normalized spacial score (nSPS) is 25.8. The Morgan fingerprint density at radius 3 is 2.00 bits per heavy atom. The highest BCUT2D eigenvalue weighted by molar-refractivity contribution is 6.58. The molecule has 0 N–H and O–H groups in total. The first-order valence-corrected chi connectivity index (χ1v) is 16.1. The van der Waals surface area contributed by atoms with Gasteiger partial charge in [0.05, 0.1) is 0 Å². The monoisotopic (exact) mass is 468 g/mol. The standard InChI is InChI=1S/C30H42F2Si/c1-2-3-4-19-33-20-17-24(18-21-33)6-5-23-7-9-25(10-8-23)26-11-13-27(14-12-26)28-15-16-29(31)30(32)22-28/h11-16,22-25,33H,2-10,17-21H2,1H3/t23-,24-,25-,33-. The van der Waals surface area contributed by atoms with Crippen LogP contribution in [-0.2, 0) is 0 Å². The van der Waals surface area contributed by atoms with Crippen LogP contribution in [0.25, 0.3) is 11.1 Å². The zero-order valence-corrected chi connectivity index (χ0v) is 21.7. The van der Waals surface area contributed by atoms with Crippen LogP contribution in [0.4, 0.5) is 8.78 Å². The third-order valence-corrected chi connectivity index (χ3v) is 12.2. The predicted octanol–water partition coefficient (Wildman–Crippen LogP) is 9.51. The van der Waals surface area contributed by atoms with Gasteiger partial charge in [-0.2, -0.15) is 0 Å². The van der Waals surface area contributed by atoms with Crippen LogP contribution in [0.5, 0.6) is 0 Å². The van der Waals surface area contributed by atoms with Crippen molar-refractivity contribution >= 4 is 8.80 Å². The summed E-state index contributed by atoms with van der Waals surface area (Å²) in [7, 11) is -0.363. The van der Waals surface area contributed by atoms with E-state index in [1.54, 1.807) is 37.0 Å². The topological polar surface area (TPSA) is 0 Å². The van der Waals surface area contributed by atoms with Crippen LogP contribution in [0.2, 0.25) is 18.1 Å². The quantitative estimate of drug-likeness (QED) is 0.254. The molecule has 2 aromatic rings. The fourth-order valence-electron chi connectivity index (χ4n) is 6.37. The molecule has 1 heterocycles. The van der Waals surface area contributed by atoms with Gasteiger partial charge in [0.2, 0.25) is 0 Å². The van der Waals surface area contributed by atoms with Gasteiger partial charge in [-0.15, -0.1) is 0 Å². The Morgan fingerprint density at radius 2 is 1.36 bits per heavy atom. The van der Waals surface area contributed by atoms with Crippen molar-refractivity contribution in [2.75, 3.05) is 0 Å². The van der Waals surface area contributed by atoms with Crippen molar-refractivity contribution in [3.63, 3.8) is 0 Å². The van der Waals surface area contributed by atoms with E-state index in [1.807, 2.05) is 0 Å². The van der Waals surface area contributed by atoms with Crippen LogP contribution in [0.3, 0.4) is 0 Å². The minimum Gasteiger partial charge on any atom is -0.204 e. The van der Waals surface area contributed by atoms with E-state index in [9.17, 15) is 8.78 Å². The van der Waals surface area contributed by atoms with Crippen molar-refractivity contribution in [1.82, 2.24) is 0 Å². The molecule has 0 spiro atoms. The van der Waals surface area contributed by atoms with Gasteiger partial charge in [0.1, 0.15) is 0 Å². The zero-order valence-electron chi connectivity index (χ0n) is 20.5. The summed E-state index contributed by atoms with van der Waals surface area (Å²) in [5.74, 6) is 1.05. The molecule has 2 aliphatic rings. The minimum absolute atomic E-state index is 0.363. The average molecular weight is 469 g/mol. The van der Waals surface area contributed by atoms with Gasteiger partial charge < -0.3 is 0 Å². The first kappa shape index (κ1) is 24.6. The molecule has 0 aromatic heterocycles. The lowest BCUT2D eigenvalue weighted by Gasteiger charge is -2.32. The molecule has 2 fully saturated rings. The number of benzene rings is 2. The molecular formula is C30H42F2Si. The minimum atomic E-state index is -0.788. The molecule has 33 heavy (non-hydrogen) atoms. The molecule has 1 saturated carbocycles. The fraction of sp³-hybridized carbons (Fsp3) is 0.600. The van der Waals surface area contributed by atoms with Crippen molar-refractivity contribution in [1.29, 1.82) is 0 Å². The maximum atomic E-state index is 13.6.